The third kappa shape index (κ3) is 3.83. The fourth-order valence-electron chi connectivity index (χ4n) is 2.37. The summed E-state index contributed by atoms with van der Waals surface area (Å²) in [6.07, 6.45) is 3.24. The number of rotatable bonds is 5. The van der Waals surface area contributed by atoms with E-state index in [4.69, 9.17) is 9.15 Å². The van der Waals surface area contributed by atoms with Crippen LogP contribution in [0.2, 0.25) is 0 Å². The molecule has 0 aliphatic carbocycles. The summed E-state index contributed by atoms with van der Waals surface area (Å²) in [5.74, 6) is 1.06. The van der Waals surface area contributed by atoms with E-state index in [9.17, 15) is 0 Å². The summed E-state index contributed by atoms with van der Waals surface area (Å²) in [5, 5.41) is 3.31. The predicted molar refractivity (Wildman–Crippen MR) is 71.4 cm³/mol. The second kappa shape index (κ2) is 6.92. The van der Waals surface area contributed by atoms with Crippen molar-refractivity contribution in [2.24, 2.45) is 0 Å². The minimum Gasteiger partial charge on any atom is -0.468 e. The lowest BCUT2D eigenvalue weighted by atomic mass is 10.2. The van der Waals surface area contributed by atoms with Crippen molar-refractivity contribution in [2.45, 2.75) is 39.5 Å². The van der Waals surface area contributed by atoms with E-state index < -0.39 is 0 Å². The number of nitrogens with one attached hydrogen (secondary N) is 1. The van der Waals surface area contributed by atoms with Gasteiger partial charge in [-0.15, -0.1) is 0 Å². The zero-order valence-corrected chi connectivity index (χ0v) is 11.4. The van der Waals surface area contributed by atoms with Crippen LogP contribution in [0.3, 0.4) is 0 Å². The molecule has 1 unspecified atom stereocenters. The standard InChI is InChI=1S/C14H24N2O2/c1-3-15-9-14-13(5-8-18-14)11-16-6-4-7-17-12(2)10-16/h5,8,12,15H,3-4,6-7,9-11H2,1-2H3. The Bertz CT molecular complexity index is 351. The number of ether oxygens (including phenoxy) is 1. The molecule has 0 amide bonds. The van der Waals surface area contributed by atoms with Gasteiger partial charge < -0.3 is 14.5 Å². The second-order valence-corrected chi connectivity index (χ2v) is 4.92. The van der Waals surface area contributed by atoms with Gasteiger partial charge in [-0.05, 0) is 26.0 Å². The van der Waals surface area contributed by atoms with Crippen molar-refractivity contribution in [3.8, 4) is 0 Å². The van der Waals surface area contributed by atoms with E-state index in [-0.39, 0.29) is 0 Å². The van der Waals surface area contributed by atoms with E-state index in [0.717, 1.165) is 51.5 Å². The van der Waals surface area contributed by atoms with Crippen LogP contribution in [0.4, 0.5) is 0 Å². The first kappa shape index (κ1) is 13.6. The van der Waals surface area contributed by atoms with Crippen LogP contribution in [-0.4, -0.2) is 37.2 Å². The van der Waals surface area contributed by atoms with Crippen molar-refractivity contribution in [3.63, 3.8) is 0 Å². The Labute approximate surface area is 109 Å². The Hall–Kier alpha value is -0.840. The molecule has 1 atom stereocenters. The summed E-state index contributed by atoms with van der Waals surface area (Å²) < 4.78 is 11.2. The number of nitrogens with zero attached hydrogens (tertiary/aromatic N) is 1. The third-order valence-electron chi connectivity index (χ3n) is 3.30. The monoisotopic (exact) mass is 252 g/mol. The van der Waals surface area contributed by atoms with Gasteiger partial charge in [-0.1, -0.05) is 6.92 Å². The zero-order valence-electron chi connectivity index (χ0n) is 11.4. The molecule has 1 fully saturated rings. The molecule has 2 heterocycles. The summed E-state index contributed by atoms with van der Waals surface area (Å²) in [5.41, 5.74) is 1.30. The molecule has 0 aromatic carbocycles. The summed E-state index contributed by atoms with van der Waals surface area (Å²) in [6, 6.07) is 2.09. The van der Waals surface area contributed by atoms with Crippen LogP contribution in [0, 0.1) is 0 Å². The molecule has 18 heavy (non-hydrogen) atoms. The highest BCUT2D eigenvalue weighted by atomic mass is 16.5. The van der Waals surface area contributed by atoms with Crippen LogP contribution in [-0.2, 0) is 17.8 Å². The van der Waals surface area contributed by atoms with Crippen molar-refractivity contribution in [1.29, 1.82) is 0 Å². The molecule has 1 saturated heterocycles. The van der Waals surface area contributed by atoms with Crippen LogP contribution >= 0.6 is 0 Å². The molecule has 4 nitrogen and oxygen atoms in total. The summed E-state index contributed by atoms with van der Waals surface area (Å²) in [4.78, 5) is 2.46. The first-order valence-electron chi connectivity index (χ1n) is 6.89. The van der Waals surface area contributed by atoms with Crippen molar-refractivity contribution in [2.75, 3.05) is 26.2 Å². The number of furan rings is 1. The minimum absolute atomic E-state index is 0.330. The first-order chi connectivity index (χ1) is 8.79. The summed E-state index contributed by atoms with van der Waals surface area (Å²) in [7, 11) is 0. The van der Waals surface area contributed by atoms with Gasteiger partial charge >= 0.3 is 0 Å². The van der Waals surface area contributed by atoms with Gasteiger partial charge in [-0.2, -0.15) is 0 Å². The maximum atomic E-state index is 5.67. The fraction of sp³-hybridized carbons (Fsp3) is 0.714. The maximum Gasteiger partial charge on any atom is 0.122 e. The molecule has 1 aromatic heterocycles. The maximum absolute atomic E-state index is 5.67. The van der Waals surface area contributed by atoms with Gasteiger partial charge in [0.15, 0.2) is 0 Å². The number of hydrogen-bond acceptors (Lipinski definition) is 4. The normalized spacial score (nSPS) is 22.0. The SMILES string of the molecule is CCNCc1occc1CN1CCCOC(C)C1. The third-order valence-corrected chi connectivity index (χ3v) is 3.30. The molecule has 1 aromatic rings. The van der Waals surface area contributed by atoms with Gasteiger partial charge in [0.05, 0.1) is 18.9 Å². The molecule has 1 aliphatic heterocycles. The lowest BCUT2D eigenvalue weighted by Gasteiger charge is -2.21. The van der Waals surface area contributed by atoms with Crippen LogP contribution in [0.1, 0.15) is 31.6 Å². The largest absolute Gasteiger partial charge is 0.468 e. The Kier molecular flexibility index (Phi) is 5.23. The second-order valence-electron chi connectivity index (χ2n) is 4.92. The van der Waals surface area contributed by atoms with E-state index in [0.29, 0.717) is 6.10 Å². The van der Waals surface area contributed by atoms with E-state index in [1.807, 2.05) is 0 Å². The highest BCUT2D eigenvalue weighted by Crippen LogP contribution is 2.15. The smallest absolute Gasteiger partial charge is 0.122 e. The molecular formula is C14H24N2O2. The van der Waals surface area contributed by atoms with Crippen molar-refractivity contribution < 1.29 is 9.15 Å². The quantitative estimate of drug-likeness (QED) is 0.870. The number of hydrogen-bond donors (Lipinski definition) is 1. The van der Waals surface area contributed by atoms with Gasteiger partial charge in [0.2, 0.25) is 0 Å². The van der Waals surface area contributed by atoms with E-state index in [1.165, 1.54) is 5.56 Å². The Morgan fingerprint density at radius 3 is 3.22 bits per heavy atom. The first-order valence-corrected chi connectivity index (χ1v) is 6.89. The lowest BCUT2D eigenvalue weighted by Crippen LogP contribution is -2.30. The summed E-state index contributed by atoms with van der Waals surface area (Å²) in [6.45, 7) is 10.00. The Morgan fingerprint density at radius 2 is 2.39 bits per heavy atom. The molecule has 1 N–H and O–H groups in total. The van der Waals surface area contributed by atoms with Crippen molar-refractivity contribution >= 4 is 0 Å². The molecule has 102 valence electrons. The van der Waals surface area contributed by atoms with Crippen LogP contribution in [0.25, 0.3) is 0 Å². The van der Waals surface area contributed by atoms with Crippen LogP contribution < -0.4 is 5.32 Å². The average Bonchev–Trinajstić information content (AvgIpc) is 2.68. The molecule has 1 aliphatic rings. The van der Waals surface area contributed by atoms with Gasteiger partial charge in [0.25, 0.3) is 0 Å². The van der Waals surface area contributed by atoms with Crippen LogP contribution in [0.15, 0.2) is 16.7 Å². The van der Waals surface area contributed by atoms with Crippen LogP contribution in [0.5, 0.6) is 0 Å². The average molecular weight is 252 g/mol. The molecule has 0 spiro atoms. The van der Waals surface area contributed by atoms with Gasteiger partial charge in [0, 0.05) is 31.8 Å². The minimum atomic E-state index is 0.330. The predicted octanol–water partition coefficient (Wildman–Crippen LogP) is 2.00. The van der Waals surface area contributed by atoms with E-state index in [1.54, 1.807) is 6.26 Å². The Morgan fingerprint density at radius 1 is 1.50 bits per heavy atom. The topological polar surface area (TPSA) is 37.6 Å². The highest BCUT2D eigenvalue weighted by molar-refractivity contribution is 5.16. The molecule has 4 heteroatoms. The molecule has 2 rings (SSSR count). The Balaban J connectivity index is 1.93. The molecule has 0 bridgehead atoms. The van der Waals surface area contributed by atoms with Gasteiger partial charge in [-0.25, -0.2) is 0 Å². The van der Waals surface area contributed by atoms with Gasteiger partial charge in [-0.3, -0.25) is 4.90 Å². The fourth-order valence-corrected chi connectivity index (χ4v) is 2.37. The summed E-state index contributed by atoms with van der Waals surface area (Å²) >= 11 is 0. The van der Waals surface area contributed by atoms with E-state index in [2.05, 4.69) is 30.1 Å². The van der Waals surface area contributed by atoms with Crippen molar-refractivity contribution in [1.82, 2.24) is 10.2 Å². The van der Waals surface area contributed by atoms with Crippen molar-refractivity contribution in [3.05, 3.63) is 23.7 Å². The molecular weight excluding hydrogens is 228 g/mol. The highest BCUT2D eigenvalue weighted by Gasteiger charge is 2.17. The van der Waals surface area contributed by atoms with E-state index >= 15 is 0 Å². The zero-order chi connectivity index (χ0) is 12.8. The lowest BCUT2D eigenvalue weighted by molar-refractivity contribution is 0.0667. The van der Waals surface area contributed by atoms with Gasteiger partial charge in [0.1, 0.15) is 5.76 Å². The molecule has 0 radical (unpaired) electrons. The molecule has 0 saturated carbocycles.